The van der Waals surface area contributed by atoms with Crippen molar-refractivity contribution in [1.29, 1.82) is 0 Å². The Morgan fingerprint density at radius 3 is 1.96 bits per heavy atom. The van der Waals surface area contributed by atoms with Crippen molar-refractivity contribution in [2.24, 2.45) is 0 Å². The van der Waals surface area contributed by atoms with Gasteiger partial charge in [-0.15, -0.1) is 0 Å². The van der Waals surface area contributed by atoms with Crippen LogP contribution in [-0.2, 0) is 0 Å². The smallest absolute Gasteiger partial charge is 0.0710 e. The minimum atomic E-state index is 1.18. The van der Waals surface area contributed by atoms with Gasteiger partial charge in [-0.05, 0) is 11.6 Å². The molecule has 0 atom stereocenters. The van der Waals surface area contributed by atoms with Crippen molar-refractivity contribution in [3.05, 3.63) is 84.9 Å². The number of H-pyrrole nitrogens is 2. The van der Waals surface area contributed by atoms with E-state index < -0.39 is 0 Å². The molecular formula is C24H16N2. The molecule has 4 aromatic carbocycles. The quantitative estimate of drug-likeness (QED) is 0.339. The average molecular weight is 332 g/mol. The fourth-order valence-corrected chi connectivity index (χ4v) is 4.17. The number of rotatable bonds is 1. The highest BCUT2D eigenvalue weighted by atomic mass is 14.8. The first-order valence-electron chi connectivity index (χ1n) is 8.89. The van der Waals surface area contributed by atoms with Gasteiger partial charge >= 0.3 is 0 Å². The number of benzene rings is 4. The molecule has 2 nitrogen and oxygen atoms in total. The average Bonchev–Trinajstić information content (AvgIpc) is 3.27. The van der Waals surface area contributed by atoms with E-state index in [4.69, 9.17) is 0 Å². The van der Waals surface area contributed by atoms with Gasteiger partial charge in [0, 0.05) is 32.6 Å². The number of aromatic amines is 2. The van der Waals surface area contributed by atoms with Crippen LogP contribution in [0.5, 0.6) is 0 Å². The van der Waals surface area contributed by atoms with E-state index in [-0.39, 0.29) is 0 Å². The van der Waals surface area contributed by atoms with Crippen molar-refractivity contribution in [2.45, 2.75) is 0 Å². The summed E-state index contributed by atoms with van der Waals surface area (Å²) in [6, 6.07) is 30.1. The van der Waals surface area contributed by atoms with Crippen LogP contribution in [0.15, 0.2) is 84.9 Å². The molecule has 0 fully saturated rings. The molecule has 0 saturated carbocycles. The lowest BCUT2D eigenvalue weighted by molar-refractivity contribution is 1.51. The highest BCUT2D eigenvalue weighted by Crippen LogP contribution is 2.37. The van der Waals surface area contributed by atoms with E-state index in [9.17, 15) is 0 Å². The molecule has 6 aromatic rings. The van der Waals surface area contributed by atoms with Crippen LogP contribution in [0.4, 0.5) is 0 Å². The maximum Gasteiger partial charge on any atom is 0.0710 e. The van der Waals surface area contributed by atoms with E-state index in [0.717, 1.165) is 0 Å². The number of hydrogen-bond donors (Lipinski definition) is 2. The zero-order valence-corrected chi connectivity index (χ0v) is 14.1. The Bertz CT molecular complexity index is 1420. The van der Waals surface area contributed by atoms with Gasteiger partial charge in [0.1, 0.15) is 0 Å². The van der Waals surface area contributed by atoms with E-state index in [1.54, 1.807) is 0 Å². The Kier molecular flexibility index (Phi) is 2.64. The molecule has 0 aliphatic rings. The molecule has 0 bridgehead atoms. The number of para-hydroxylation sites is 2. The van der Waals surface area contributed by atoms with Gasteiger partial charge in [0.2, 0.25) is 0 Å². The largest absolute Gasteiger partial charge is 0.353 e. The van der Waals surface area contributed by atoms with Gasteiger partial charge in [0.15, 0.2) is 0 Å². The second-order valence-electron chi connectivity index (χ2n) is 6.80. The van der Waals surface area contributed by atoms with E-state index in [0.29, 0.717) is 0 Å². The van der Waals surface area contributed by atoms with Crippen LogP contribution < -0.4 is 0 Å². The molecule has 26 heavy (non-hydrogen) atoms. The summed E-state index contributed by atoms with van der Waals surface area (Å²) < 4.78 is 0. The van der Waals surface area contributed by atoms with Crippen LogP contribution in [0, 0.1) is 0 Å². The van der Waals surface area contributed by atoms with E-state index in [2.05, 4.69) is 94.9 Å². The Morgan fingerprint density at radius 2 is 1.08 bits per heavy atom. The minimum Gasteiger partial charge on any atom is -0.353 e. The molecule has 0 spiro atoms. The molecule has 0 aliphatic carbocycles. The van der Waals surface area contributed by atoms with Crippen molar-refractivity contribution in [2.75, 3.05) is 0 Å². The van der Waals surface area contributed by atoms with Gasteiger partial charge in [0.05, 0.1) is 16.6 Å². The van der Waals surface area contributed by atoms with Gasteiger partial charge in [-0.2, -0.15) is 0 Å². The third-order valence-corrected chi connectivity index (χ3v) is 5.37. The first-order valence-corrected chi connectivity index (χ1v) is 8.89. The molecule has 0 saturated heterocycles. The number of nitrogens with one attached hydrogen (secondary N) is 2. The number of hydrogen-bond acceptors (Lipinski definition) is 0. The Hall–Kier alpha value is -3.52. The fourth-order valence-electron chi connectivity index (χ4n) is 4.17. The van der Waals surface area contributed by atoms with Crippen LogP contribution >= 0.6 is 0 Å². The normalized spacial score (nSPS) is 11.8. The molecule has 0 radical (unpaired) electrons. The maximum atomic E-state index is 3.72. The molecule has 122 valence electrons. The topological polar surface area (TPSA) is 31.6 Å². The van der Waals surface area contributed by atoms with E-state index >= 15 is 0 Å². The Morgan fingerprint density at radius 1 is 0.423 bits per heavy atom. The fraction of sp³-hybridized carbons (Fsp3) is 0. The zero-order chi connectivity index (χ0) is 17.1. The van der Waals surface area contributed by atoms with Crippen molar-refractivity contribution >= 4 is 43.6 Å². The van der Waals surface area contributed by atoms with E-state index in [1.165, 1.54) is 54.7 Å². The minimum absolute atomic E-state index is 1.18. The summed E-state index contributed by atoms with van der Waals surface area (Å²) in [5, 5.41) is 5.06. The summed E-state index contributed by atoms with van der Waals surface area (Å²) in [5.41, 5.74) is 7.20. The molecule has 0 amide bonds. The van der Waals surface area contributed by atoms with Crippen molar-refractivity contribution < 1.29 is 0 Å². The molecule has 6 rings (SSSR count). The second-order valence-corrected chi connectivity index (χ2v) is 6.80. The predicted molar refractivity (Wildman–Crippen MR) is 111 cm³/mol. The molecule has 0 unspecified atom stereocenters. The lowest BCUT2D eigenvalue weighted by Gasteiger charge is -2.03. The Labute approximate surface area is 150 Å². The standard InChI is InChI=1S/C24H16N2/c1-2-7-15(8-3-1)16-10-6-11-18-20-14-13-19-17-9-4-5-12-21(17)25-23(19)24(20)26-22(16)18/h1-14,25-26H. The SMILES string of the molecule is c1ccc(-c2cccc3c2[nH]c2c3ccc3c4ccccc4[nH]c32)cc1. The molecule has 2 heteroatoms. The second kappa shape index (κ2) is 4.99. The van der Waals surface area contributed by atoms with Crippen LogP contribution in [0.1, 0.15) is 0 Å². The van der Waals surface area contributed by atoms with Crippen LogP contribution in [0.2, 0.25) is 0 Å². The van der Waals surface area contributed by atoms with E-state index in [1.807, 2.05) is 0 Å². The van der Waals surface area contributed by atoms with Crippen LogP contribution in [0.3, 0.4) is 0 Å². The number of aromatic nitrogens is 2. The first kappa shape index (κ1) is 13.7. The Balaban J connectivity index is 1.78. The lowest BCUT2D eigenvalue weighted by Crippen LogP contribution is -1.79. The van der Waals surface area contributed by atoms with Gasteiger partial charge in [-0.25, -0.2) is 0 Å². The van der Waals surface area contributed by atoms with Gasteiger partial charge in [-0.1, -0.05) is 78.9 Å². The third kappa shape index (κ3) is 1.76. The first-order chi connectivity index (χ1) is 12.9. The predicted octanol–water partition coefficient (Wildman–Crippen LogP) is 6.62. The van der Waals surface area contributed by atoms with Crippen molar-refractivity contribution in [3.63, 3.8) is 0 Å². The summed E-state index contributed by atoms with van der Waals surface area (Å²) in [7, 11) is 0. The molecule has 0 aliphatic heterocycles. The van der Waals surface area contributed by atoms with Crippen molar-refractivity contribution in [3.8, 4) is 11.1 Å². The van der Waals surface area contributed by atoms with Crippen molar-refractivity contribution in [1.82, 2.24) is 9.97 Å². The maximum absolute atomic E-state index is 3.72. The van der Waals surface area contributed by atoms with Gasteiger partial charge in [-0.3, -0.25) is 0 Å². The molecule has 2 aromatic heterocycles. The third-order valence-electron chi connectivity index (χ3n) is 5.37. The van der Waals surface area contributed by atoms with Crippen LogP contribution in [-0.4, -0.2) is 9.97 Å². The molecule has 2 N–H and O–H groups in total. The summed E-state index contributed by atoms with van der Waals surface area (Å²) >= 11 is 0. The summed E-state index contributed by atoms with van der Waals surface area (Å²) in [4.78, 5) is 7.33. The highest BCUT2D eigenvalue weighted by Gasteiger charge is 2.13. The van der Waals surface area contributed by atoms with Crippen LogP contribution in [0.25, 0.3) is 54.7 Å². The highest BCUT2D eigenvalue weighted by molar-refractivity contribution is 6.22. The van der Waals surface area contributed by atoms with Gasteiger partial charge in [0.25, 0.3) is 0 Å². The lowest BCUT2D eigenvalue weighted by atomic mass is 10.0. The monoisotopic (exact) mass is 332 g/mol. The summed E-state index contributed by atoms with van der Waals surface area (Å²) in [6.45, 7) is 0. The summed E-state index contributed by atoms with van der Waals surface area (Å²) in [6.07, 6.45) is 0. The summed E-state index contributed by atoms with van der Waals surface area (Å²) in [5.74, 6) is 0. The molecule has 2 heterocycles. The van der Waals surface area contributed by atoms with Gasteiger partial charge < -0.3 is 9.97 Å². The molecular weight excluding hydrogens is 316 g/mol. The zero-order valence-electron chi connectivity index (χ0n) is 14.1. The number of fused-ring (bicyclic) bond motifs is 7.